The van der Waals surface area contributed by atoms with Gasteiger partial charge in [-0.15, -0.1) is 0 Å². The molecule has 0 radical (unpaired) electrons. The second-order valence-electron chi connectivity index (χ2n) is 6.91. The fraction of sp³-hybridized carbons (Fsp3) is 0.190. The topological polar surface area (TPSA) is 165 Å². The van der Waals surface area contributed by atoms with Crippen molar-refractivity contribution in [2.24, 2.45) is 0 Å². The van der Waals surface area contributed by atoms with E-state index < -0.39 is 41.1 Å². The fourth-order valence-corrected chi connectivity index (χ4v) is 3.08. The Morgan fingerprint density at radius 2 is 1.70 bits per heavy atom. The molecule has 0 aliphatic carbocycles. The number of nitro benzene ring substituents is 1. The Hall–Kier alpha value is -4.61. The summed E-state index contributed by atoms with van der Waals surface area (Å²) >= 11 is 0. The molecule has 0 saturated carbocycles. The van der Waals surface area contributed by atoms with Crippen LogP contribution in [0.3, 0.4) is 0 Å². The van der Waals surface area contributed by atoms with Gasteiger partial charge in [0.2, 0.25) is 5.91 Å². The maximum Gasteiger partial charge on any atom is 0.308 e. The second kappa shape index (κ2) is 9.68. The molecule has 2 aromatic carbocycles. The van der Waals surface area contributed by atoms with Gasteiger partial charge >= 0.3 is 5.97 Å². The van der Waals surface area contributed by atoms with E-state index in [0.29, 0.717) is 4.90 Å². The van der Waals surface area contributed by atoms with E-state index in [9.17, 15) is 34.1 Å². The van der Waals surface area contributed by atoms with Crippen LogP contribution in [0.5, 0.6) is 5.75 Å². The number of esters is 1. The van der Waals surface area contributed by atoms with Crippen LogP contribution < -0.4 is 15.4 Å². The summed E-state index contributed by atoms with van der Waals surface area (Å²) in [4.78, 5) is 71.0. The summed E-state index contributed by atoms with van der Waals surface area (Å²) in [6, 6.07) is 9.27. The molecule has 12 nitrogen and oxygen atoms in total. The smallest absolute Gasteiger partial charge is 0.308 e. The third-order valence-electron chi connectivity index (χ3n) is 4.56. The van der Waals surface area contributed by atoms with E-state index >= 15 is 0 Å². The number of carbonyl (C=O) groups excluding carboxylic acids is 5. The molecule has 4 amide bonds. The van der Waals surface area contributed by atoms with Crippen molar-refractivity contribution in [1.82, 2.24) is 15.5 Å². The Morgan fingerprint density at radius 3 is 2.39 bits per heavy atom. The van der Waals surface area contributed by atoms with Crippen molar-refractivity contribution in [1.29, 1.82) is 0 Å². The van der Waals surface area contributed by atoms with E-state index in [0.717, 1.165) is 12.1 Å². The Bertz CT molecular complexity index is 1180. The predicted molar refractivity (Wildman–Crippen MR) is 112 cm³/mol. The molecule has 3 rings (SSSR count). The number of hydrogen-bond donors (Lipinski definition) is 2. The summed E-state index contributed by atoms with van der Waals surface area (Å²) in [5.74, 6) is -2.93. The molecular weight excluding hydrogens is 436 g/mol. The SMILES string of the molecule is CC(=O)Oc1cccc(C(=O)NCCNC(=O)CN2C(=O)c3ccc([N+](=O)[O-])cc3C2=O)c1. The van der Waals surface area contributed by atoms with Crippen molar-refractivity contribution >= 4 is 35.3 Å². The molecule has 170 valence electrons. The van der Waals surface area contributed by atoms with Gasteiger partial charge in [0, 0.05) is 37.7 Å². The lowest BCUT2D eigenvalue weighted by atomic mass is 10.1. The molecule has 33 heavy (non-hydrogen) atoms. The van der Waals surface area contributed by atoms with E-state index in [1.807, 2.05) is 0 Å². The van der Waals surface area contributed by atoms with Gasteiger partial charge in [-0.2, -0.15) is 0 Å². The number of rotatable bonds is 8. The zero-order chi connectivity index (χ0) is 24.1. The number of carbonyl (C=O) groups is 5. The zero-order valence-electron chi connectivity index (χ0n) is 17.3. The van der Waals surface area contributed by atoms with Crippen LogP contribution in [-0.2, 0) is 9.59 Å². The molecular formula is C21H18N4O8. The van der Waals surface area contributed by atoms with Gasteiger partial charge in [-0.25, -0.2) is 0 Å². The number of nitrogens with zero attached hydrogens (tertiary/aromatic N) is 2. The second-order valence-corrected chi connectivity index (χ2v) is 6.91. The molecule has 1 aliphatic rings. The number of nitro groups is 1. The Kier molecular flexibility index (Phi) is 6.77. The van der Waals surface area contributed by atoms with E-state index in [4.69, 9.17) is 4.74 Å². The predicted octanol–water partition coefficient (Wildman–Crippen LogP) is 0.662. The summed E-state index contributed by atoms with van der Waals surface area (Å²) in [5, 5.41) is 15.9. The third kappa shape index (κ3) is 5.36. The van der Waals surface area contributed by atoms with Gasteiger partial charge in [0.1, 0.15) is 12.3 Å². The van der Waals surface area contributed by atoms with E-state index in [-0.39, 0.29) is 41.2 Å². The molecule has 0 saturated heterocycles. The lowest BCUT2D eigenvalue weighted by Crippen LogP contribution is -2.42. The number of benzene rings is 2. The van der Waals surface area contributed by atoms with E-state index in [1.165, 1.54) is 31.2 Å². The third-order valence-corrected chi connectivity index (χ3v) is 4.56. The standard InChI is InChI=1S/C21H18N4O8/c1-12(26)33-15-4-2-3-13(9-15)19(28)23-8-7-22-18(27)11-24-20(29)16-6-5-14(25(31)32)10-17(16)21(24)30/h2-6,9-10H,7-8,11H2,1H3,(H,22,27)(H,23,28). The van der Waals surface area contributed by atoms with Gasteiger partial charge in [0.25, 0.3) is 23.4 Å². The summed E-state index contributed by atoms with van der Waals surface area (Å²) in [6.07, 6.45) is 0. The Morgan fingerprint density at radius 1 is 1.00 bits per heavy atom. The average molecular weight is 454 g/mol. The van der Waals surface area contributed by atoms with Crippen molar-refractivity contribution in [3.8, 4) is 5.75 Å². The van der Waals surface area contributed by atoms with E-state index in [1.54, 1.807) is 6.07 Å². The number of imide groups is 1. The van der Waals surface area contributed by atoms with Crippen LogP contribution in [0.1, 0.15) is 38.0 Å². The lowest BCUT2D eigenvalue weighted by molar-refractivity contribution is -0.384. The quantitative estimate of drug-likeness (QED) is 0.147. The monoisotopic (exact) mass is 454 g/mol. The molecule has 0 unspecified atom stereocenters. The largest absolute Gasteiger partial charge is 0.427 e. The fourth-order valence-electron chi connectivity index (χ4n) is 3.08. The van der Waals surface area contributed by atoms with Crippen molar-refractivity contribution in [3.63, 3.8) is 0 Å². The summed E-state index contributed by atoms with van der Waals surface area (Å²) < 4.78 is 4.92. The minimum absolute atomic E-state index is 0.0124. The van der Waals surface area contributed by atoms with Gasteiger partial charge in [-0.05, 0) is 24.3 Å². The molecule has 0 spiro atoms. The van der Waals surface area contributed by atoms with Crippen molar-refractivity contribution < 1.29 is 33.6 Å². The Labute approximate surface area is 186 Å². The van der Waals surface area contributed by atoms with Crippen molar-refractivity contribution in [2.45, 2.75) is 6.92 Å². The molecule has 1 heterocycles. The first-order valence-corrected chi connectivity index (χ1v) is 9.65. The molecule has 0 bridgehead atoms. The van der Waals surface area contributed by atoms with E-state index in [2.05, 4.69) is 10.6 Å². The highest BCUT2D eigenvalue weighted by Gasteiger charge is 2.37. The first kappa shape index (κ1) is 23.1. The maximum atomic E-state index is 12.4. The van der Waals surface area contributed by atoms with Gasteiger partial charge < -0.3 is 15.4 Å². The zero-order valence-corrected chi connectivity index (χ0v) is 17.3. The first-order valence-electron chi connectivity index (χ1n) is 9.65. The highest BCUT2D eigenvalue weighted by atomic mass is 16.6. The molecule has 0 atom stereocenters. The number of ether oxygens (including phenoxy) is 1. The number of nitrogens with one attached hydrogen (secondary N) is 2. The molecule has 12 heteroatoms. The summed E-state index contributed by atoms with van der Waals surface area (Å²) in [7, 11) is 0. The normalized spacial score (nSPS) is 12.2. The van der Waals surface area contributed by atoms with Crippen LogP contribution >= 0.6 is 0 Å². The van der Waals surface area contributed by atoms with Crippen LogP contribution in [0, 0.1) is 10.1 Å². The van der Waals surface area contributed by atoms with Crippen molar-refractivity contribution in [2.75, 3.05) is 19.6 Å². The number of non-ortho nitro benzene ring substituents is 1. The van der Waals surface area contributed by atoms with Crippen LogP contribution in [0.2, 0.25) is 0 Å². The average Bonchev–Trinajstić information content (AvgIpc) is 3.00. The molecule has 0 aromatic heterocycles. The van der Waals surface area contributed by atoms with Gasteiger partial charge in [0.15, 0.2) is 0 Å². The summed E-state index contributed by atoms with van der Waals surface area (Å²) in [6.45, 7) is 0.735. The van der Waals surface area contributed by atoms with Gasteiger partial charge in [-0.3, -0.25) is 39.0 Å². The molecule has 1 aliphatic heterocycles. The van der Waals surface area contributed by atoms with Gasteiger partial charge in [-0.1, -0.05) is 6.07 Å². The van der Waals surface area contributed by atoms with Gasteiger partial charge in [0.05, 0.1) is 16.1 Å². The Balaban J connectivity index is 1.48. The molecule has 0 fully saturated rings. The number of fused-ring (bicyclic) bond motifs is 1. The number of hydrogen-bond acceptors (Lipinski definition) is 8. The number of amides is 4. The minimum Gasteiger partial charge on any atom is -0.427 e. The van der Waals surface area contributed by atoms with Crippen molar-refractivity contribution in [3.05, 3.63) is 69.3 Å². The first-order chi connectivity index (χ1) is 15.7. The minimum atomic E-state index is -0.796. The maximum absolute atomic E-state index is 12.4. The van der Waals surface area contributed by atoms with Crippen LogP contribution in [0.25, 0.3) is 0 Å². The van der Waals surface area contributed by atoms with Crippen LogP contribution in [0.15, 0.2) is 42.5 Å². The van der Waals surface area contributed by atoms with Crippen LogP contribution in [-0.4, -0.2) is 59.1 Å². The highest BCUT2D eigenvalue weighted by molar-refractivity contribution is 6.22. The summed E-state index contributed by atoms with van der Waals surface area (Å²) in [5.41, 5.74) is -0.234. The molecule has 2 aromatic rings. The van der Waals surface area contributed by atoms with Crippen LogP contribution in [0.4, 0.5) is 5.69 Å². The highest BCUT2D eigenvalue weighted by Crippen LogP contribution is 2.26. The molecule has 2 N–H and O–H groups in total. The lowest BCUT2D eigenvalue weighted by Gasteiger charge is -2.13.